The summed E-state index contributed by atoms with van der Waals surface area (Å²) < 4.78 is 10.9. The lowest BCUT2D eigenvalue weighted by molar-refractivity contribution is -0.138. The van der Waals surface area contributed by atoms with E-state index in [1.807, 2.05) is 19.1 Å². The lowest BCUT2D eigenvalue weighted by Gasteiger charge is -2.26. The fourth-order valence-electron chi connectivity index (χ4n) is 2.97. The highest BCUT2D eigenvalue weighted by Gasteiger charge is 2.23. The third kappa shape index (κ3) is 6.05. The fraction of sp³-hybridized carbons (Fsp3) is 0.579. The largest absolute Gasteiger partial charge is 0.495 e. The molecule has 0 radical (unpaired) electrons. The van der Waals surface area contributed by atoms with E-state index in [-0.39, 0.29) is 24.5 Å². The Morgan fingerprint density at radius 2 is 2.12 bits per heavy atom. The van der Waals surface area contributed by atoms with Crippen molar-refractivity contribution < 1.29 is 19.1 Å². The first-order valence-corrected chi connectivity index (χ1v) is 8.96. The number of para-hydroxylation sites is 2. The molecule has 2 amide bonds. The summed E-state index contributed by atoms with van der Waals surface area (Å²) in [5, 5.41) is 2.82. The van der Waals surface area contributed by atoms with Crippen LogP contribution in [0.5, 0.6) is 5.75 Å². The smallest absolute Gasteiger partial charge is 0.244 e. The van der Waals surface area contributed by atoms with Gasteiger partial charge in [-0.2, -0.15) is 0 Å². The second-order valence-electron chi connectivity index (χ2n) is 6.26. The predicted octanol–water partition coefficient (Wildman–Crippen LogP) is 2.83. The Morgan fingerprint density at radius 1 is 1.32 bits per heavy atom. The molecule has 1 N–H and O–H groups in total. The van der Waals surface area contributed by atoms with Gasteiger partial charge in [0.25, 0.3) is 0 Å². The van der Waals surface area contributed by atoms with Crippen molar-refractivity contribution in [2.45, 2.75) is 45.1 Å². The second kappa shape index (κ2) is 10.0. The topological polar surface area (TPSA) is 67.9 Å². The molecule has 1 aromatic rings. The summed E-state index contributed by atoms with van der Waals surface area (Å²) in [5.74, 6) is 0.347. The lowest BCUT2D eigenvalue weighted by atomic mass is 10.1. The average molecular weight is 348 g/mol. The molecule has 1 atom stereocenters. The zero-order valence-electron chi connectivity index (χ0n) is 15.1. The Hall–Kier alpha value is -2.08. The van der Waals surface area contributed by atoms with Gasteiger partial charge in [-0.15, -0.1) is 0 Å². The molecular formula is C19H28N2O4. The van der Waals surface area contributed by atoms with Crippen molar-refractivity contribution in [1.29, 1.82) is 0 Å². The maximum atomic E-state index is 12.6. The number of carbonyl (C=O) groups is 2. The third-order valence-electron chi connectivity index (χ3n) is 4.24. The first-order chi connectivity index (χ1) is 12.1. The summed E-state index contributed by atoms with van der Waals surface area (Å²) in [7, 11) is 1.56. The van der Waals surface area contributed by atoms with Crippen molar-refractivity contribution in [3.05, 3.63) is 24.3 Å². The van der Waals surface area contributed by atoms with Gasteiger partial charge in [-0.05, 0) is 37.8 Å². The molecule has 1 aliphatic heterocycles. The van der Waals surface area contributed by atoms with Gasteiger partial charge in [0.1, 0.15) is 5.75 Å². The zero-order valence-corrected chi connectivity index (χ0v) is 15.1. The average Bonchev–Trinajstić information content (AvgIpc) is 2.62. The normalized spacial score (nSPS) is 17.0. The summed E-state index contributed by atoms with van der Waals surface area (Å²) in [6.45, 7) is 3.32. The molecule has 1 unspecified atom stereocenters. The molecule has 2 rings (SSSR count). The van der Waals surface area contributed by atoms with E-state index in [1.165, 1.54) is 0 Å². The summed E-state index contributed by atoms with van der Waals surface area (Å²) in [4.78, 5) is 26.5. The van der Waals surface area contributed by atoms with Crippen LogP contribution in [0.1, 0.15) is 39.0 Å². The van der Waals surface area contributed by atoms with Crippen LogP contribution in [0.2, 0.25) is 0 Å². The van der Waals surface area contributed by atoms with E-state index in [9.17, 15) is 9.59 Å². The number of hydrogen-bond acceptors (Lipinski definition) is 4. The van der Waals surface area contributed by atoms with Gasteiger partial charge < -0.3 is 19.7 Å². The number of methoxy groups -OCH3 is 1. The highest BCUT2D eigenvalue weighted by atomic mass is 16.5. The van der Waals surface area contributed by atoms with Gasteiger partial charge in [0.05, 0.1) is 31.9 Å². The Bertz CT molecular complexity index is 570. The third-order valence-corrected chi connectivity index (χ3v) is 4.24. The summed E-state index contributed by atoms with van der Waals surface area (Å²) in [6.07, 6.45) is 4.21. The molecule has 138 valence electrons. The number of benzene rings is 1. The number of amides is 2. The Kier molecular flexibility index (Phi) is 7.73. The van der Waals surface area contributed by atoms with Crippen molar-refractivity contribution >= 4 is 17.5 Å². The van der Waals surface area contributed by atoms with Crippen LogP contribution in [0.3, 0.4) is 0 Å². The van der Waals surface area contributed by atoms with Crippen LogP contribution in [0.4, 0.5) is 5.69 Å². The number of carbonyl (C=O) groups excluding carboxylic acids is 2. The van der Waals surface area contributed by atoms with E-state index in [0.29, 0.717) is 24.4 Å². The van der Waals surface area contributed by atoms with E-state index in [2.05, 4.69) is 5.32 Å². The molecule has 0 bridgehead atoms. The Balaban J connectivity index is 1.92. The summed E-state index contributed by atoms with van der Waals surface area (Å²) in [5.41, 5.74) is 0.606. The zero-order chi connectivity index (χ0) is 18.1. The van der Waals surface area contributed by atoms with Crippen LogP contribution in [-0.2, 0) is 14.3 Å². The maximum absolute atomic E-state index is 12.6. The summed E-state index contributed by atoms with van der Waals surface area (Å²) in [6, 6.07) is 7.22. The first kappa shape index (κ1) is 19.2. The van der Waals surface area contributed by atoms with E-state index in [0.717, 1.165) is 32.3 Å². The molecule has 1 aromatic carbocycles. The fourth-order valence-corrected chi connectivity index (χ4v) is 2.97. The number of ether oxygens (including phenoxy) is 2. The molecule has 25 heavy (non-hydrogen) atoms. The molecule has 6 nitrogen and oxygen atoms in total. The van der Waals surface area contributed by atoms with Crippen molar-refractivity contribution in [3.8, 4) is 5.75 Å². The van der Waals surface area contributed by atoms with Crippen molar-refractivity contribution in [1.82, 2.24) is 4.90 Å². The SMILES string of the molecule is CCCN(CC(=O)Nc1ccccc1OC)C(=O)CC1CCCCO1. The van der Waals surface area contributed by atoms with Gasteiger partial charge in [0.2, 0.25) is 11.8 Å². The van der Waals surface area contributed by atoms with Crippen LogP contribution in [0.25, 0.3) is 0 Å². The molecule has 0 spiro atoms. The monoisotopic (exact) mass is 348 g/mol. The molecule has 0 saturated carbocycles. The van der Waals surface area contributed by atoms with Gasteiger partial charge in [-0.1, -0.05) is 19.1 Å². The van der Waals surface area contributed by atoms with Gasteiger partial charge in [0.15, 0.2) is 0 Å². The van der Waals surface area contributed by atoms with Crippen LogP contribution >= 0.6 is 0 Å². The minimum Gasteiger partial charge on any atom is -0.495 e. The quantitative estimate of drug-likeness (QED) is 0.784. The van der Waals surface area contributed by atoms with Crippen LogP contribution < -0.4 is 10.1 Å². The molecule has 6 heteroatoms. The number of nitrogens with one attached hydrogen (secondary N) is 1. The highest BCUT2D eigenvalue weighted by Crippen LogP contribution is 2.23. The first-order valence-electron chi connectivity index (χ1n) is 8.96. The van der Waals surface area contributed by atoms with Crippen molar-refractivity contribution in [2.75, 3.05) is 32.1 Å². The highest BCUT2D eigenvalue weighted by molar-refractivity contribution is 5.95. The Labute approximate surface area is 149 Å². The van der Waals surface area contributed by atoms with Crippen molar-refractivity contribution in [3.63, 3.8) is 0 Å². The summed E-state index contributed by atoms with van der Waals surface area (Å²) >= 11 is 0. The van der Waals surface area contributed by atoms with Gasteiger partial charge in [-0.3, -0.25) is 9.59 Å². The van der Waals surface area contributed by atoms with Crippen LogP contribution in [-0.4, -0.2) is 49.6 Å². The number of anilines is 1. The molecule has 1 fully saturated rings. The Morgan fingerprint density at radius 3 is 2.80 bits per heavy atom. The second-order valence-corrected chi connectivity index (χ2v) is 6.26. The van der Waals surface area contributed by atoms with E-state index in [1.54, 1.807) is 24.1 Å². The standard InChI is InChI=1S/C19H28N2O4/c1-3-11-21(19(23)13-15-8-6-7-12-25-15)14-18(22)20-16-9-4-5-10-17(16)24-2/h4-5,9-10,15H,3,6-8,11-14H2,1-2H3,(H,20,22). The maximum Gasteiger partial charge on any atom is 0.244 e. The van der Waals surface area contributed by atoms with Crippen LogP contribution in [0, 0.1) is 0 Å². The molecular weight excluding hydrogens is 320 g/mol. The minimum atomic E-state index is -0.226. The number of rotatable bonds is 8. The molecule has 1 heterocycles. The number of hydrogen-bond donors (Lipinski definition) is 1. The molecule has 1 saturated heterocycles. The van der Waals surface area contributed by atoms with E-state index >= 15 is 0 Å². The van der Waals surface area contributed by atoms with Crippen molar-refractivity contribution in [2.24, 2.45) is 0 Å². The van der Waals surface area contributed by atoms with Crippen LogP contribution in [0.15, 0.2) is 24.3 Å². The van der Waals surface area contributed by atoms with Gasteiger partial charge >= 0.3 is 0 Å². The van der Waals surface area contributed by atoms with Gasteiger partial charge in [0, 0.05) is 13.2 Å². The van der Waals surface area contributed by atoms with E-state index < -0.39 is 0 Å². The molecule has 1 aliphatic rings. The number of nitrogens with zero attached hydrogens (tertiary/aromatic N) is 1. The predicted molar refractivity (Wildman–Crippen MR) is 96.7 cm³/mol. The lowest BCUT2D eigenvalue weighted by Crippen LogP contribution is -2.40. The van der Waals surface area contributed by atoms with E-state index in [4.69, 9.17) is 9.47 Å². The molecule has 0 aliphatic carbocycles. The molecule has 0 aromatic heterocycles. The van der Waals surface area contributed by atoms with Gasteiger partial charge in [-0.25, -0.2) is 0 Å². The minimum absolute atomic E-state index is 0.0158.